The Morgan fingerprint density at radius 2 is 1.95 bits per heavy atom. The first-order valence-corrected chi connectivity index (χ1v) is 8.20. The van der Waals surface area contributed by atoms with E-state index in [4.69, 9.17) is 0 Å². The zero-order chi connectivity index (χ0) is 15.4. The summed E-state index contributed by atoms with van der Waals surface area (Å²) in [5.74, 6) is -0.149. The van der Waals surface area contributed by atoms with E-state index in [1.807, 2.05) is 42.5 Å². The first-order chi connectivity index (χ1) is 10.8. The number of hydrogen-bond acceptors (Lipinski definition) is 4. The number of amides is 1. The molecule has 0 atom stereocenters. The SMILES string of the molecule is CCCCc1nnc(NC(=O)c2ccc3ccccc3c2)s1. The molecule has 1 N–H and O–H groups in total. The van der Waals surface area contributed by atoms with Crippen molar-refractivity contribution in [3.05, 3.63) is 53.0 Å². The number of unbranched alkanes of at least 4 members (excludes halogenated alkanes) is 1. The fraction of sp³-hybridized carbons (Fsp3) is 0.235. The Hall–Kier alpha value is -2.27. The number of aromatic nitrogens is 2. The Morgan fingerprint density at radius 1 is 1.14 bits per heavy atom. The van der Waals surface area contributed by atoms with Gasteiger partial charge < -0.3 is 0 Å². The van der Waals surface area contributed by atoms with Gasteiger partial charge in [-0.25, -0.2) is 0 Å². The van der Waals surface area contributed by atoms with E-state index in [2.05, 4.69) is 22.4 Å². The summed E-state index contributed by atoms with van der Waals surface area (Å²) in [7, 11) is 0. The number of nitrogens with zero attached hydrogens (tertiary/aromatic N) is 2. The fourth-order valence-electron chi connectivity index (χ4n) is 2.23. The molecule has 0 spiro atoms. The van der Waals surface area contributed by atoms with Gasteiger partial charge in [0, 0.05) is 12.0 Å². The number of aryl methyl sites for hydroxylation is 1. The highest BCUT2D eigenvalue weighted by atomic mass is 32.1. The van der Waals surface area contributed by atoms with Gasteiger partial charge in [-0.2, -0.15) is 0 Å². The number of benzene rings is 2. The molecule has 0 radical (unpaired) electrons. The van der Waals surface area contributed by atoms with Crippen LogP contribution in [0.25, 0.3) is 10.8 Å². The molecule has 22 heavy (non-hydrogen) atoms. The van der Waals surface area contributed by atoms with Gasteiger partial charge in [0.05, 0.1) is 0 Å². The van der Waals surface area contributed by atoms with Crippen LogP contribution in [0.4, 0.5) is 5.13 Å². The maximum atomic E-state index is 12.3. The number of carbonyl (C=O) groups is 1. The lowest BCUT2D eigenvalue weighted by atomic mass is 10.1. The molecule has 0 unspecified atom stereocenters. The van der Waals surface area contributed by atoms with E-state index in [9.17, 15) is 4.79 Å². The van der Waals surface area contributed by atoms with Gasteiger partial charge in [0.15, 0.2) is 0 Å². The minimum Gasteiger partial charge on any atom is -0.296 e. The Morgan fingerprint density at radius 3 is 2.77 bits per heavy atom. The van der Waals surface area contributed by atoms with E-state index >= 15 is 0 Å². The minimum absolute atomic E-state index is 0.149. The van der Waals surface area contributed by atoms with Crippen molar-refractivity contribution >= 4 is 33.1 Å². The van der Waals surface area contributed by atoms with Crippen LogP contribution in [-0.4, -0.2) is 16.1 Å². The van der Waals surface area contributed by atoms with E-state index in [-0.39, 0.29) is 5.91 Å². The topological polar surface area (TPSA) is 54.9 Å². The van der Waals surface area contributed by atoms with Gasteiger partial charge in [0.1, 0.15) is 5.01 Å². The summed E-state index contributed by atoms with van der Waals surface area (Å²) < 4.78 is 0. The number of hydrogen-bond donors (Lipinski definition) is 1. The lowest BCUT2D eigenvalue weighted by molar-refractivity contribution is 0.102. The summed E-state index contributed by atoms with van der Waals surface area (Å²) in [6.07, 6.45) is 3.13. The zero-order valence-corrected chi connectivity index (χ0v) is 13.2. The molecule has 1 amide bonds. The molecule has 3 rings (SSSR count). The summed E-state index contributed by atoms with van der Waals surface area (Å²) in [6, 6.07) is 13.7. The molecule has 2 aromatic carbocycles. The molecule has 1 heterocycles. The summed E-state index contributed by atoms with van der Waals surface area (Å²) >= 11 is 1.45. The largest absolute Gasteiger partial charge is 0.296 e. The summed E-state index contributed by atoms with van der Waals surface area (Å²) in [4.78, 5) is 12.3. The molecule has 0 saturated heterocycles. The lowest BCUT2D eigenvalue weighted by Crippen LogP contribution is -2.11. The van der Waals surface area contributed by atoms with Crippen LogP contribution < -0.4 is 5.32 Å². The number of nitrogens with one attached hydrogen (secondary N) is 1. The quantitative estimate of drug-likeness (QED) is 0.765. The van der Waals surface area contributed by atoms with Gasteiger partial charge in [-0.05, 0) is 29.3 Å². The molecule has 0 aliphatic heterocycles. The molecule has 0 aliphatic carbocycles. The third kappa shape index (κ3) is 3.31. The van der Waals surface area contributed by atoms with Crippen molar-refractivity contribution in [3.8, 4) is 0 Å². The Kier molecular flexibility index (Phi) is 4.44. The van der Waals surface area contributed by atoms with Crippen LogP contribution in [0.2, 0.25) is 0 Å². The molecule has 0 saturated carbocycles. The molecular weight excluding hydrogens is 294 g/mol. The van der Waals surface area contributed by atoms with Gasteiger partial charge >= 0.3 is 0 Å². The van der Waals surface area contributed by atoms with E-state index in [0.29, 0.717) is 10.7 Å². The van der Waals surface area contributed by atoms with E-state index < -0.39 is 0 Å². The Balaban J connectivity index is 1.73. The van der Waals surface area contributed by atoms with Gasteiger partial charge in [-0.3, -0.25) is 10.1 Å². The van der Waals surface area contributed by atoms with Gasteiger partial charge in [-0.15, -0.1) is 10.2 Å². The first kappa shape index (κ1) is 14.7. The molecule has 5 heteroatoms. The van der Waals surface area contributed by atoms with E-state index in [1.165, 1.54) is 11.3 Å². The summed E-state index contributed by atoms with van der Waals surface area (Å²) in [5.41, 5.74) is 0.629. The van der Waals surface area contributed by atoms with Crippen molar-refractivity contribution < 1.29 is 4.79 Å². The Bertz CT molecular complexity index is 797. The smallest absolute Gasteiger partial charge is 0.257 e. The van der Waals surface area contributed by atoms with Crippen molar-refractivity contribution in [1.29, 1.82) is 0 Å². The second-order valence-corrected chi connectivity index (χ2v) is 6.18. The van der Waals surface area contributed by atoms with Crippen molar-refractivity contribution in [2.45, 2.75) is 26.2 Å². The highest BCUT2D eigenvalue weighted by molar-refractivity contribution is 7.15. The third-order valence-corrected chi connectivity index (χ3v) is 4.34. The molecule has 0 fully saturated rings. The lowest BCUT2D eigenvalue weighted by Gasteiger charge is -2.03. The summed E-state index contributed by atoms with van der Waals surface area (Å²) in [6.45, 7) is 2.14. The number of fused-ring (bicyclic) bond motifs is 1. The normalized spacial score (nSPS) is 10.8. The van der Waals surface area contributed by atoms with Crippen molar-refractivity contribution in [3.63, 3.8) is 0 Å². The third-order valence-electron chi connectivity index (χ3n) is 3.44. The molecule has 1 aromatic heterocycles. The molecular formula is C17H17N3OS. The summed E-state index contributed by atoms with van der Waals surface area (Å²) in [5, 5.41) is 14.7. The molecule has 3 aromatic rings. The van der Waals surface area contributed by atoms with Crippen molar-refractivity contribution in [2.75, 3.05) is 5.32 Å². The molecule has 4 nitrogen and oxygen atoms in total. The average Bonchev–Trinajstić information content (AvgIpc) is 2.99. The van der Waals surface area contributed by atoms with E-state index in [1.54, 1.807) is 0 Å². The average molecular weight is 311 g/mol. The first-order valence-electron chi connectivity index (χ1n) is 7.39. The zero-order valence-electron chi connectivity index (χ0n) is 12.4. The number of anilines is 1. The number of rotatable bonds is 5. The fourth-order valence-corrected chi connectivity index (χ4v) is 3.01. The monoisotopic (exact) mass is 311 g/mol. The standard InChI is InChI=1S/C17H17N3OS/c1-2-3-8-15-19-20-17(22-15)18-16(21)14-10-9-12-6-4-5-7-13(12)11-14/h4-7,9-11H,2-3,8H2,1H3,(H,18,20,21). The van der Waals surface area contributed by atoms with Gasteiger partial charge in [-0.1, -0.05) is 55.0 Å². The van der Waals surface area contributed by atoms with Crippen LogP contribution in [0.15, 0.2) is 42.5 Å². The maximum Gasteiger partial charge on any atom is 0.257 e. The van der Waals surface area contributed by atoms with Gasteiger partial charge in [0.25, 0.3) is 5.91 Å². The number of carbonyl (C=O) groups excluding carboxylic acids is 1. The van der Waals surface area contributed by atoms with Crippen molar-refractivity contribution in [2.24, 2.45) is 0 Å². The van der Waals surface area contributed by atoms with E-state index in [0.717, 1.165) is 35.0 Å². The molecule has 112 valence electrons. The van der Waals surface area contributed by atoms with Crippen molar-refractivity contribution in [1.82, 2.24) is 10.2 Å². The predicted octanol–water partition coefficient (Wildman–Crippen LogP) is 4.29. The van der Waals surface area contributed by atoms with Crippen LogP contribution in [0.5, 0.6) is 0 Å². The molecule has 0 bridgehead atoms. The second kappa shape index (κ2) is 6.66. The van der Waals surface area contributed by atoms with Crippen LogP contribution in [0.1, 0.15) is 35.1 Å². The predicted molar refractivity (Wildman–Crippen MR) is 90.4 cm³/mol. The highest BCUT2D eigenvalue weighted by Crippen LogP contribution is 2.20. The van der Waals surface area contributed by atoms with Crippen LogP contribution in [0.3, 0.4) is 0 Å². The van der Waals surface area contributed by atoms with Gasteiger partial charge in [0.2, 0.25) is 5.13 Å². The maximum absolute atomic E-state index is 12.3. The highest BCUT2D eigenvalue weighted by Gasteiger charge is 2.10. The van der Waals surface area contributed by atoms with Crippen LogP contribution in [0, 0.1) is 0 Å². The Labute approximate surface area is 133 Å². The van der Waals surface area contributed by atoms with Crippen LogP contribution in [-0.2, 0) is 6.42 Å². The molecule has 0 aliphatic rings. The van der Waals surface area contributed by atoms with Crippen LogP contribution >= 0.6 is 11.3 Å². The minimum atomic E-state index is -0.149. The second-order valence-electron chi connectivity index (χ2n) is 5.12.